The minimum absolute atomic E-state index is 0.0853. The van der Waals surface area contributed by atoms with Crippen LogP contribution in [0.5, 0.6) is 0 Å². The predicted molar refractivity (Wildman–Crippen MR) is 60.9 cm³/mol. The first-order chi connectivity index (χ1) is 6.74. The number of aliphatic hydroxyl groups is 1. The van der Waals surface area contributed by atoms with E-state index in [9.17, 15) is 0 Å². The lowest BCUT2D eigenvalue weighted by Gasteiger charge is -1.97. The number of aliphatic hydroxyl groups excluding tert-OH is 1. The number of thiocarbonyl (C=S) groups is 1. The van der Waals surface area contributed by atoms with E-state index in [1.54, 1.807) is 0 Å². The van der Waals surface area contributed by atoms with E-state index in [-0.39, 0.29) is 6.61 Å². The molecule has 0 aliphatic carbocycles. The highest BCUT2D eigenvalue weighted by Crippen LogP contribution is 2.03. The lowest BCUT2D eigenvalue weighted by Crippen LogP contribution is -2.08. The molecule has 14 heavy (non-hydrogen) atoms. The van der Waals surface area contributed by atoms with E-state index in [1.807, 2.05) is 24.3 Å². The number of hydrogen-bond acceptors (Lipinski definition) is 2. The van der Waals surface area contributed by atoms with Gasteiger partial charge in [0.25, 0.3) is 0 Å². The Labute approximate surface area is 88.7 Å². The van der Waals surface area contributed by atoms with Crippen molar-refractivity contribution < 1.29 is 5.11 Å². The van der Waals surface area contributed by atoms with Crippen LogP contribution in [-0.4, -0.2) is 16.7 Å². The van der Waals surface area contributed by atoms with Crippen LogP contribution in [-0.2, 0) is 0 Å². The first kappa shape index (κ1) is 10.7. The van der Waals surface area contributed by atoms with Crippen molar-refractivity contribution in [1.82, 2.24) is 0 Å². The van der Waals surface area contributed by atoms with Gasteiger partial charge < -0.3 is 10.8 Å². The van der Waals surface area contributed by atoms with E-state index in [1.165, 1.54) is 0 Å². The van der Waals surface area contributed by atoms with Crippen LogP contribution in [0, 0.1) is 11.8 Å². The molecule has 0 spiro atoms. The van der Waals surface area contributed by atoms with Crippen molar-refractivity contribution in [1.29, 1.82) is 0 Å². The van der Waals surface area contributed by atoms with Gasteiger partial charge in [-0.2, -0.15) is 0 Å². The van der Waals surface area contributed by atoms with E-state index in [2.05, 4.69) is 11.8 Å². The Bertz CT molecular complexity index is 390. The van der Waals surface area contributed by atoms with Crippen molar-refractivity contribution in [3.8, 4) is 11.8 Å². The largest absolute Gasteiger partial charge is 0.395 e. The SMILES string of the molecule is NC(=S)c1cccc(C#CCCO)c1. The fourth-order valence-corrected chi connectivity index (χ4v) is 1.10. The zero-order valence-corrected chi connectivity index (χ0v) is 8.47. The van der Waals surface area contributed by atoms with Crippen LogP contribution in [0.1, 0.15) is 17.5 Å². The Morgan fingerprint density at radius 2 is 2.29 bits per heavy atom. The summed E-state index contributed by atoms with van der Waals surface area (Å²) in [4.78, 5) is 0.371. The van der Waals surface area contributed by atoms with Gasteiger partial charge in [0.1, 0.15) is 4.99 Å². The molecule has 2 nitrogen and oxygen atoms in total. The predicted octanol–water partition coefficient (Wildman–Crippen LogP) is 1.05. The summed E-state index contributed by atoms with van der Waals surface area (Å²) in [6.45, 7) is 0.0853. The van der Waals surface area contributed by atoms with Crippen LogP contribution in [0.3, 0.4) is 0 Å². The molecule has 3 heteroatoms. The Morgan fingerprint density at radius 3 is 2.93 bits per heavy atom. The molecular weight excluding hydrogens is 194 g/mol. The zero-order chi connectivity index (χ0) is 10.4. The maximum Gasteiger partial charge on any atom is 0.104 e. The van der Waals surface area contributed by atoms with Crippen molar-refractivity contribution in [2.24, 2.45) is 5.73 Å². The third-order valence-electron chi connectivity index (χ3n) is 1.62. The van der Waals surface area contributed by atoms with Crippen LogP contribution in [0.2, 0.25) is 0 Å². The molecule has 72 valence electrons. The van der Waals surface area contributed by atoms with Crippen LogP contribution in [0.15, 0.2) is 24.3 Å². The molecule has 1 rings (SSSR count). The second-order valence-electron chi connectivity index (χ2n) is 2.72. The topological polar surface area (TPSA) is 46.2 Å². The van der Waals surface area contributed by atoms with E-state index < -0.39 is 0 Å². The molecule has 0 saturated heterocycles. The molecule has 0 amide bonds. The molecular formula is C11H11NOS. The van der Waals surface area contributed by atoms with Gasteiger partial charge in [-0.1, -0.05) is 36.2 Å². The van der Waals surface area contributed by atoms with E-state index in [0.29, 0.717) is 11.4 Å². The number of benzene rings is 1. The second kappa shape index (κ2) is 5.38. The summed E-state index contributed by atoms with van der Waals surface area (Å²) in [6, 6.07) is 7.43. The minimum atomic E-state index is 0.0853. The van der Waals surface area contributed by atoms with Crippen molar-refractivity contribution in [2.75, 3.05) is 6.61 Å². The summed E-state index contributed by atoms with van der Waals surface area (Å²) in [5, 5.41) is 8.54. The third-order valence-corrected chi connectivity index (χ3v) is 1.85. The minimum Gasteiger partial charge on any atom is -0.395 e. The van der Waals surface area contributed by atoms with Crippen LogP contribution in [0.4, 0.5) is 0 Å². The van der Waals surface area contributed by atoms with Crippen molar-refractivity contribution >= 4 is 17.2 Å². The molecule has 1 aromatic rings. The van der Waals surface area contributed by atoms with Crippen LogP contribution in [0.25, 0.3) is 0 Å². The van der Waals surface area contributed by atoms with Crippen molar-refractivity contribution in [3.63, 3.8) is 0 Å². The Morgan fingerprint density at radius 1 is 1.50 bits per heavy atom. The molecule has 1 aromatic carbocycles. The van der Waals surface area contributed by atoms with Gasteiger partial charge in [0.15, 0.2) is 0 Å². The molecule has 0 aromatic heterocycles. The lowest BCUT2D eigenvalue weighted by molar-refractivity contribution is 0.305. The number of rotatable bonds is 2. The highest BCUT2D eigenvalue weighted by molar-refractivity contribution is 7.80. The average molecular weight is 205 g/mol. The molecule has 0 atom stereocenters. The fraction of sp³-hybridized carbons (Fsp3) is 0.182. The zero-order valence-electron chi connectivity index (χ0n) is 7.66. The maximum absolute atomic E-state index is 8.54. The summed E-state index contributed by atoms with van der Waals surface area (Å²) in [5.74, 6) is 5.75. The molecule has 0 fully saturated rings. The summed E-state index contributed by atoms with van der Waals surface area (Å²) in [6.07, 6.45) is 0.483. The fourth-order valence-electron chi connectivity index (χ4n) is 0.971. The van der Waals surface area contributed by atoms with Gasteiger partial charge in [0.05, 0.1) is 6.61 Å². The lowest BCUT2D eigenvalue weighted by atomic mass is 10.1. The third kappa shape index (κ3) is 3.17. The van der Waals surface area contributed by atoms with Gasteiger partial charge >= 0.3 is 0 Å². The maximum atomic E-state index is 8.54. The highest BCUT2D eigenvalue weighted by atomic mass is 32.1. The standard InChI is InChI=1S/C11H11NOS/c12-11(14)10-6-3-5-9(8-10)4-1-2-7-13/h3,5-6,8,13H,2,7H2,(H2,12,14). The summed E-state index contributed by atoms with van der Waals surface area (Å²) in [5.41, 5.74) is 7.16. The van der Waals surface area contributed by atoms with Gasteiger partial charge in [-0.05, 0) is 12.1 Å². The number of nitrogens with two attached hydrogens (primary N) is 1. The van der Waals surface area contributed by atoms with Crippen molar-refractivity contribution in [2.45, 2.75) is 6.42 Å². The summed E-state index contributed by atoms with van der Waals surface area (Å²) in [7, 11) is 0. The van der Waals surface area contributed by atoms with Gasteiger partial charge in [-0.15, -0.1) is 0 Å². The molecule has 0 heterocycles. The first-order valence-corrected chi connectivity index (χ1v) is 4.64. The van der Waals surface area contributed by atoms with Crippen molar-refractivity contribution in [3.05, 3.63) is 35.4 Å². The Hall–Kier alpha value is -1.37. The molecule has 0 radical (unpaired) electrons. The summed E-state index contributed by atoms with van der Waals surface area (Å²) < 4.78 is 0. The van der Waals surface area contributed by atoms with Gasteiger partial charge in [0.2, 0.25) is 0 Å². The smallest absolute Gasteiger partial charge is 0.104 e. The monoisotopic (exact) mass is 205 g/mol. The molecule has 3 N–H and O–H groups in total. The van der Waals surface area contributed by atoms with Crippen LogP contribution >= 0.6 is 12.2 Å². The molecule has 0 aliphatic rings. The van der Waals surface area contributed by atoms with E-state index >= 15 is 0 Å². The van der Waals surface area contributed by atoms with Gasteiger partial charge in [-0.3, -0.25) is 0 Å². The quantitative estimate of drug-likeness (QED) is 0.560. The van der Waals surface area contributed by atoms with Crippen LogP contribution < -0.4 is 5.73 Å². The van der Waals surface area contributed by atoms with Gasteiger partial charge in [-0.25, -0.2) is 0 Å². The Kier molecular flexibility index (Phi) is 4.11. The average Bonchev–Trinajstić information content (AvgIpc) is 2.19. The molecule has 0 aliphatic heterocycles. The van der Waals surface area contributed by atoms with E-state index in [0.717, 1.165) is 11.1 Å². The molecule has 0 unspecified atom stereocenters. The number of hydrogen-bond donors (Lipinski definition) is 2. The second-order valence-corrected chi connectivity index (χ2v) is 3.16. The summed E-state index contributed by atoms with van der Waals surface area (Å²) >= 11 is 4.85. The molecule has 0 bridgehead atoms. The van der Waals surface area contributed by atoms with Gasteiger partial charge in [0, 0.05) is 17.5 Å². The Balaban J connectivity index is 2.85. The normalized spacial score (nSPS) is 8.93. The first-order valence-electron chi connectivity index (χ1n) is 4.23. The molecule has 0 saturated carbocycles. The highest BCUT2D eigenvalue weighted by Gasteiger charge is 1.95. The van der Waals surface area contributed by atoms with E-state index in [4.69, 9.17) is 23.1 Å².